The van der Waals surface area contributed by atoms with Gasteiger partial charge in [0.1, 0.15) is 11.9 Å². The molecule has 1 fully saturated rings. The maximum atomic E-state index is 11.9. The number of nitrogens with one attached hydrogen (secondary N) is 1. The molecule has 17 heteroatoms. The standard InChI is InChI=1S/C18H21Cl2N5O8P2/c19-13-4-2-1-3-10(13)6-21-15-12-7-22-25(16(12)24-18(20)23-15)17-14(26)5-11(33-17)8-32-35(30,31)9-34(27,28)29/h1-4,7,11,14,17,26H,5-6,8-9H2,(H,30,31)(H,21,23,24)(H2,27,28,29)/t11-,14+,17+/m0/s1. The van der Waals surface area contributed by atoms with Crippen LogP contribution in [0.1, 0.15) is 18.2 Å². The lowest BCUT2D eigenvalue weighted by Crippen LogP contribution is -2.21. The molecule has 35 heavy (non-hydrogen) atoms. The second-order valence-electron chi connectivity index (χ2n) is 7.80. The van der Waals surface area contributed by atoms with Crippen LogP contribution in [0.2, 0.25) is 10.3 Å². The van der Waals surface area contributed by atoms with Crippen LogP contribution in [-0.2, 0) is 24.9 Å². The molecule has 3 heterocycles. The van der Waals surface area contributed by atoms with Crippen molar-refractivity contribution in [3.63, 3.8) is 0 Å². The van der Waals surface area contributed by atoms with Crippen LogP contribution in [0.15, 0.2) is 30.5 Å². The Bertz CT molecular complexity index is 1320. The highest BCUT2D eigenvalue weighted by molar-refractivity contribution is 7.70. The van der Waals surface area contributed by atoms with Crippen LogP contribution in [0.4, 0.5) is 5.82 Å². The predicted molar refractivity (Wildman–Crippen MR) is 126 cm³/mol. The lowest BCUT2D eigenvalue weighted by Gasteiger charge is -2.18. The van der Waals surface area contributed by atoms with E-state index in [2.05, 4.69) is 20.4 Å². The average molecular weight is 568 g/mol. The smallest absolute Gasteiger partial charge is 0.340 e. The Labute approximate surface area is 208 Å². The van der Waals surface area contributed by atoms with Crippen molar-refractivity contribution in [2.75, 3.05) is 17.8 Å². The first-order valence-corrected chi connectivity index (χ1v) is 14.5. The van der Waals surface area contributed by atoms with Crippen LogP contribution in [0.5, 0.6) is 0 Å². The number of benzene rings is 1. The van der Waals surface area contributed by atoms with Crippen LogP contribution in [0, 0.1) is 0 Å². The summed E-state index contributed by atoms with van der Waals surface area (Å²) in [7, 11) is -9.32. The SMILES string of the molecule is O=P(O)(O)CP(=O)(O)OC[C@@H]1C[C@@H](O)[C@H](n2ncc3c(NCc4ccccc4Cl)nc(Cl)nc32)O1. The van der Waals surface area contributed by atoms with Gasteiger partial charge in [0, 0.05) is 18.0 Å². The van der Waals surface area contributed by atoms with Gasteiger partial charge in [-0.3, -0.25) is 9.13 Å². The summed E-state index contributed by atoms with van der Waals surface area (Å²) in [6, 6.07) is 7.29. The Kier molecular flexibility index (Phi) is 7.85. The number of rotatable bonds is 9. The van der Waals surface area contributed by atoms with E-state index in [0.717, 1.165) is 5.56 Å². The normalized spacial score (nSPS) is 22.4. The van der Waals surface area contributed by atoms with Crippen molar-refractivity contribution < 1.29 is 38.2 Å². The second kappa shape index (κ2) is 10.4. The number of halogens is 2. The Hall–Kier alpha value is -1.63. The molecule has 0 amide bonds. The summed E-state index contributed by atoms with van der Waals surface area (Å²) in [5.41, 5.74) is 1.10. The molecule has 1 saturated heterocycles. The van der Waals surface area contributed by atoms with Crippen molar-refractivity contribution in [1.29, 1.82) is 0 Å². The maximum Gasteiger partial charge on any atom is 0.340 e. The van der Waals surface area contributed by atoms with E-state index in [1.54, 1.807) is 6.07 Å². The summed E-state index contributed by atoms with van der Waals surface area (Å²) in [4.78, 5) is 35.8. The minimum absolute atomic E-state index is 0.0123. The van der Waals surface area contributed by atoms with Crippen LogP contribution >= 0.6 is 38.4 Å². The zero-order chi connectivity index (χ0) is 25.4. The van der Waals surface area contributed by atoms with E-state index in [9.17, 15) is 19.1 Å². The van der Waals surface area contributed by atoms with E-state index in [-0.39, 0.29) is 17.4 Å². The van der Waals surface area contributed by atoms with E-state index in [1.165, 1.54) is 10.9 Å². The third-order valence-corrected chi connectivity index (χ3v) is 9.06. The molecule has 4 rings (SSSR count). The lowest BCUT2D eigenvalue weighted by molar-refractivity contribution is -0.0528. The summed E-state index contributed by atoms with van der Waals surface area (Å²) in [6.07, 6.45) is -1.47. The van der Waals surface area contributed by atoms with Gasteiger partial charge < -0.3 is 34.4 Å². The lowest BCUT2D eigenvalue weighted by atomic mass is 10.2. The quantitative estimate of drug-likeness (QED) is 0.188. The monoisotopic (exact) mass is 567 g/mol. The number of nitrogens with zero attached hydrogens (tertiary/aromatic N) is 4. The maximum absolute atomic E-state index is 11.9. The Morgan fingerprint density at radius 1 is 1.20 bits per heavy atom. The van der Waals surface area contributed by atoms with Gasteiger partial charge in [0.25, 0.3) is 0 Å². The van der Waals surface area contributed by atoms with Gasteiger partial charge in [0.05, 0.1) is 24.3 Å². The summed E-state index contributed by atoms with van der Waals surface area (Å²) < 4.78 is 34.7. The molecule has 5 N–H and O–H groups in total. The summed E-state index contributed by atoms with van der Waals surface area (Å²) in [6.45, 7) is -0.119. The molecule has 2 aromatic heterocycles. The van der Waals surface area contributed by atoms with Gasteiger partial charge in [-0.1, -0.05) is 29.8 Å². The van der Waals surface area contributed by atoms with E-state index in [1.807, 2.05) is 18.2 Å². The van der Waals surface area contributed by atoms with Crippen molar-refractivity contribution in [2.45, 2.75) is 31.4 Å². The van der Waals surface area contributed by atoms with Gasteiger partial charge in [-0.2, -0.15) is 15.1 Å². The Morgan fingerprint density at radius 2 is 1.94 bits per heavy atom. The topological polar surface area (TPSA) is 189 Å². The molecule has 0 saturated carbocycles. The first kappa shape index (κ1) is 26.4. The third kappa shape index (κ3) is 6.58. The number of hydrogen-bond donors (Lipinski definition) is 5. The zero-order valence-corrected chi connectivity index (χ0v) is 21.1. The van der Waals surface area contributed by atoms with Crippen molar-refractivity contribution in [2.24, 2.45) is 0 Å². The molecule has 1 aliphatic heterocycles. The molecular weight excluding hydrogens is 547 g/mol. The molecule has 0 aliphatic carbocycles. The molecule has 13 nitrogen and oxygen atoms in total. The van der Waals surface area contributed by atoms with Gasteiger partial charge in [-0.25, -0.2) is 4.68 Å². The van der Waals surface area contributed by atoms with Gasteiger partial charge in [-0.05, 0) is 23.2 Å². The molecule has 4 atom stereocenters. The van der Waals surface area contributed by atoms with Gasteiger partial charge >= 0.3 is 15.2 Å². The highest BCUT2D eigenvalue weighted by Crippen LogP contribution is 2.55. The summed E-state index contributed by atoms with van der Waals surface area (Å²) in [5.74, 6) is -0.931. The van der Waals surface area contributed by atoms with E-state index < -0.39 is 46.1 Å². The number of fused-ring (bicyclic) bond motifs is 1. The molecule has 0 spiro atoms. The van der Waals surface area contributed by atoms with Crippen molar-refractivity contribution in [1.82, 2.24) is 19.7 Å². The summed E-state index contributed by atoms with van der Waals surface area (Å²) >= 11 is 12.3. The minimum Gasteiger partial charge on any atom is -0.388 e. The highest BCUT2D eigenvalue weighted by atomic mass is 35.5. The second-order valence-corrected chi connectivity index (χ2v) is 12.5. The fourth-order valence-corrected chi connectivity index (χ4v) is 6.53. The Balaban J connectivity index is 1.49. The average Bonchev–Trinajstić information content (AvgIpc) is 3.32. The molecule has 1 aliphatic rings. The highest BCUT2D eigenvalue weighted by Gasteiger charge is 2.39. The number of ether oxygens (including phenoxy) is 1. The number of aromatic nitrogens is 4. The molecule has 1 unspecified atom stereocenters. The van der Waals surface area contributed by atoms with Crippen molar-refractivity contribution >= 4 is 55.2 Å². The number of aliphatic hydroxyl groups is 1. The third-order valence-electron chi connectivity index (χ3n) is 5.06. The zero-order valence-electron chi connectivity index (χ0n) is 17.8. The fourth-order valence-electron chi connectivity index (χ4n) is 3.57. The number of anilines is 1. The molecule has 0 radical (unpaired) electrons. The van der Waals surface area contributed by atoms with Crippen LogP contribution in [0.3, 0.4) is 0 Å². The van der Waals surface area contributed by atoms with Crippen molar-refractivity contribution in [3.05, 3.63) is 46.3 Å². The summed E-state index contributed by atoms with van der Waals surface area (Å²) in [5, 5.41) is 18.9. The number of hydrogen-bond acceptors (Lipinski definition) is 9. The van der Waals surface area contributed by atoms with Crippen LogP contribution in [-0.4, -0.2) is 64.3 Å². The first-order valence-electron chi connectivity index (χ1n) is 10.1. The number of aliphatic hydroxyl groups excluding tert-OH is 1. The molecule has 3 aromatic rings. The van der Waals surface area contributed by atoms with Gasteiger partial charge in [0.15, 0.2) is 17.8 Å². The van der Waals surface area contributed by atoms with E-state index in [0.29, 0.717) is 22.8 Å². The van der Waals surface area contributed by atoms with E-state index >= 15 is 0 Å². The first-order chi connectivity index (χ1) is 16.4. The molecular formula is C18H21Cl2N5O8P2. The van der Waals surface area contributed by atoms with Crippen LogP contribution in [0.25, 0.3) is 11.0 Å². The van der Waals surface area contributed by atoms with Crippen LogP contribution < -0.4 is 5.32 Å². The Morgan fingerprint density at radius 3 is 2.66 bits per heavy atom. The van der Waals surface area contributed by atoms with Crippen molar-refractivity contribution in [3.8, 4) is 0 Å². The van der Waals surface area contributed by atoms with E-state index in [4.69, 9.17) is 42.2 Å². The van der Waals surface area contributed by atoms with Gasteiger partial charge in [0.2, 0.25) is 5.28 Å². The van der Waals surface area contributed by atoms with Gasteiger partial charge in [-0.15, -0.1) is 0 Å². The minimum atomic E-state index is -4.76. The predicted octanol–water partition coefficient (Wildman–Crippen LogP) is 2.73. The molecule has 190 valence electrons. The molecule has 0 bridgehead atoms. The largest absolute Gasteiger partial charge is 0.388 e. The fraction of sp³-hybridized carbons (Fsp3) is 0.389. The molecule has 1 aromatic carbocycles.